The summed E-state index contributed by atoms with van der Waals surface area (Å²) in [5, 5.41) is 0.251. The lowest BCUT2D eigenvalue weighted by Crippen LogP contribution is -2.53. The van der Waals surface area contributed by atoms with Crippen LogP contribution in [-0.4, -0.2) is 52.6 Å². The molecule has 1 aromatic carbocycles. The number of anilines is 2. The highest BCUT2D eigenvalue weighted by Gasteiger charge is 2.47. The minimum atomic E-state index is 0.0932. The number of piperazine rings is 1. The summed E-state index contributed by atoms with van der Waals surface area (Å²) >= 11 is 5.96. The number of carbonyl (C=O) groups excluding carboxylic acids is 1. The maximum absolute atomic E-state index is 13.2. The Bertz CT molecular complexity index is 845. The molecule has 0 bridgehead atoms. The summed E-state index contributed by atoms with van der Waals surface area (Å²) in [7, 11) is 0. The van der Waals surface area contributed by atoms with E-state index in [2.05, 4.69) is 40.8 Å². The van der Waals surface area contributed by atoms with Gasteiger partial charge in [-0.05, 0) is 42.6 Å². The van der Waals surface area contributed by atoms with Crippen LogP contribution in [0.1, 0.15) is 25.8 Å². The van der Waals surface area contributed by atoms with Crippen molar-refractivity contribution >= 4 is 29.1 Å². The van der Waals surface area contributed by atoms with Crippen LogP contribution < -0.4 is 9.80 Å². The molecule has 0 radical (unpaired) electrons. The predicted octanol–water partition coefficient (Wildman–Crippen LogP) is 3.60. The quantitative estimate of drug-likeness (QED) is 0.754. The number of urea groups is 1. The van der Waals surface area contributed by atoms with E-state index in [1.54, 1.807) is 6.20 Å². The highest BCUT2D eigenvalue weighted by molar-refractivity contribution is 6.28. The fourth-order valence-electron chi connectivity index (χ4n) is 4.20. The third kappa shape index (κ3) is 3.23. The Balaban J connectivity index is 1.61. The predicted molar refractivity (Wildman–Crippen MR) is 108 cm³/mol. The molecule has 2 aliphatic rings. The van der Waals surface area contributed by atoms with Crippen LogP contribution in [0.5, 0.6) is 0 Å². The summed E-state index contributed by atoms with van der Waals surface area (Å²) in [5.74, 6) is 0.819. The largest absolute Gasteiger partial charge is 0.353 e. The number of carbonyl (C=O) groups is 1. The maximum Gasteiger partial charge on any atom is 0.325 e. The molecule has 2 atom stereocenters. The molecule has 7 heteroatoms. The highest BCUT2D eigenvalue weighted by Crippen LogP contribution is 2.34. The Hall–Kier alpha value is -2.34. The first-order chi connectivity index (χ1) is 13.1. The van der Waals surface area contributed by atoms with E-state index >= 15 is 0 Å². The summed E-state index contributed by atoms with van der Waals surface area (Å²) in [6, 6.07) is 10.5. The van der Waals surface area contributed by atoms with Gasteiger partial charge in [-0.15, -0.1) is 0 Å². The second kappa shape index (κ2) is 7.35. The number of hydrogen-bond donors (Lipinski definition) is 0. The molecule has 0 aliphatic carbocycles. The van der Waals surface area contributed by atoms with E-state index < -0.39 is 0 Å². The third-order valence-corrected chi connectivity index (χ3v) is 5.72. The molecule has 27 heavy (non-hydrogen) atoms. The van der Waals surface area contributed by atoms with Crippen LogP contribution in [0.2, 0.25) is 5.28 Å². The summed E-state index contributed by atoms with van der Waals surface area (Å²) in [6.07, 6.45) is 3.71. The second-order valence-electron chi connectivity index (χ2n) is 7.16. The van der Waals surface area contributed by atoms with Crippen LogP contribution in [-0.2, 0) is 6.42 Å². The van der Waals surface area contributed by atoms with Crippen LogP contribution in [0.25, 0.3) is 0 Å². The number of para-hydroxylation sites is 1. The topological polar surface area (TPSA) is 52.6 Å². The van der Waals surface area contributed by atoms with Gasteiger partial charge in [-0.2, -0.15) is 0 Å². The molecule has 0 N–H and O–H groups in total. The van der Waals surface area contributed by atoms with Crippen LogP contribution in [0.3, 0.4) is 0 Å². The molecular weight excluding hydrogens is 362 g/mol. The fourth-order valence-corrected chi connectivity index (χ4v) is 4.35. The van der Waals surface area contributed by atoms with Gasteiger partial charge in [0, 0.05) is 31.5 Å². The molecule has 2 fully saturated rings. The molecular formula is C20H24ClN5O. The normalized spacial score (nSPS) is 22.3. The van der Waals surface area contributed by atoms with Gasteiger partial charge in [0.05, 0.1) is 12.1 Å². The first-order valence-corrected chi connectivity index (χ1v) is 9.89. The van der Waals surface area contributed by atoms with Crippen molar-refractivity contribution in [3.63, 3.8) is 0 Å². The number of rotatable bonds is 4. The Labute approximate surface area is 164 Å². The molecule has 0 spiro atoms. The molecule has 2 saturated heterocycles. The minimum absolute atomic E-state index is 0.0932. The number of halogens is 1. The molecule has 2 unspecified atom stereocenters. The Morgan fingerprint density at radius 3 is 2.81 bits per heavy atom. The Morgan fingerprint density at radius 2 is 2.04 bits per heavy atom. The fraction of sp³-hybridized carbons (Fsp3) is 0.450. The van der Waals surface area contributed by atoms with E-state index in [1.807, 2.05) is 28.0 Å². The van der Waals surface area contributed by atoms with Crippen molar-refractivity contribution < 1.29 is 4.79 Å². The van der Waals surface area contributed by atoms with E-state index in [0.717, 1.165) is 37.4 Å². The average Bonchev–Trinajstić information content (AvgIpc) is 2.93. The van der Waals surface area contributed by atoms with Crippen LogP contribution in [0, 0.1) is 0 Å². The van der Waals surface area contributed by atoms with Gasteiger partial charge in [0.15, 0.2) is 0 Å². The van der Waals surface area contributed by atoms with E-state index in [4.69, 9.17) is 11.6 Å². The summed E-state index contributed by atoms with van der Waals surface area (Å²) in [5.41, 5.74) is 2.28. The van der Waals surface area contributed by atoms with Crippen molar-refractivity contribution in [2.24, 2.45) is 0 Å². The summed E-state index contributed by atoms with van der Waals surface area (Å²) in [6.45, 7) is 6.48. The lowest BCUT2D eigenvalue weighted by atomic mass is 10.0. The molecule has 4 rings (SSSR count). The molecule has 2 aliphatic heterocycles. The molecule has 142 valence electrons. The third-order valence-electron chi connectivity index (χ3n) is 5.54. The van der Waals surface area contributed by atoms with Crippen LogP contribution in [0.4, 0.5) is 16.3 Å². The van der Waals surface area contributed by atoms with Crippen molar-refractivity contribution in [2.45, 2.75) is 38.8 Å². The molecule has 1 aromatic heterocycles. The minimum Gasteiger partial charge on any atom is -0.353 e. The molecule has 3 heterocycles. The summed E-state index contributed by atoms with van der Waals surface area (Å²) in [4.78, 5) is 27.7. The van der Waals surface area contributed by atoms with Crippen molar-refractivity contribution in [1.29, 1.82) is 0 Å². The zero-order valence-corrected chi connectivity index (χ0v) is 16.4. The number of nitrogens with zero attached hydrogens (tertiary/aromatic N) is 5. The van der Waals surface area contributed by atoms with E-state index in [0.29, 0.717) is 6.54 Å². The van der Waals surface area contributed by atoms with E-state index in [1.165, 1.54) is 5.56 Å². The first kappa shape index (κ1) is 18.0. The first-order valence-electron chi connectivity index (χ1n) is 9.51. The number of hydrogen-bond acceptors (Lipinski definition) is 4. The van der Waals surface area contributed by atoms with Crippen molar-refractivity contribution in [3.05, 3.63) is 47.4 Å². The number of benzene rings is 1. The zero-order valence-electron chi connectivity index (χ0n) is 15.7. The number of amides is 2. The summed E-state index contributed by atoms with van der Waals surface area (Å²) < 4.78 is 0. The van der Waals surface area contributed by atoms with Gasteiger partial charge >= 0.3 is 6.03 Å². The Morgan fingerprint density at radius 1 is 1.22 bits per heavy atom. The number of fused-ring (bicyclic) bond motifs is 1. The van der Waals surface area contributed by atoms with Crippen molar-refractivity contribution in [3.8, 4) is 0 Å². The van der Waals surface area contributed by atoms with Gasteiger partial charge in [-0.3, -0.25) is 4.90 Å². The lowest BCUT2D eigenvalue weighted by Gasteiger charge is -2.38. The van der Waals surface area contributed by atoms with Gasteiger partial charge in [0.25, 0.3) is 0 Å². The van der Waals surface area contributed by atoms with Crippen molar-refractivity contribution in [2.75, 3.05) is 29.4 Å². The highest BCUT2D eigenvalue weighted by atomic mass is 35.5. The van der Waals surface area contributed by atoms with Gasteiger partial charge in [-0.25, -0.2) is 14.8 Å². The number of aromatic nitrogens is 2. The van der Waals surface area contributed by atoms with Gasteiger partial charge < -0.3 is 9.80 Å². The number of aryl methyl sites for hydroxylation is 1. The second-order valence-corrected chi connectivity index (χ2v) is 7.50. The molecule has 2 amide bonds. The van der Waals surface area contributed by atoms with Crippen LogP contribution >= 0.6 is 11.6 Å². The molecule has 0 saturated carbocycles. The van der Waals surface area contributed by atoms with E-state index in [9.17, 15) is 4.79 Å². The smallest absolute Gasteiger partial charge is 0.325 e. The zero-order chi connectivity index (χ0) is 19.0. The van der Waals surface area contributed by atoms with E-state index in [-0.39, 0.29) is 23.4 Å². The van der Waals surface area contributed by atoms with Gasteiger partial charge in [0.2, 0.25) is 5.28 Å². The Kier molecular flexibility index (Phi) is 4.91. The standard InChI is InChI=1S/C20H24ClN5O/c1-3-6-15-7-4-5-8-16(15)26-14(2)17-13-24(11-12-25(17)20(26)27)18-9-10-22-19(21)23-18/h4-5,7-10,14,17H,3,6,11-13H2,1-2H3. The SMILES string of the molecule is CCCc1ccccc1N1C(=O)N2CCN(c3ccnc(Cl)n3)CC2C1C. The van der Waals surface area contributed by atoms with Gasteiger partial charge in [-0.1, -0.05) is 31.5 Å². The van der Waals surface area contributed by atoms with Crippen LogP contribution in [0.15, 0.2) is 36.5 Å². The van der Waals surface area contributed by atoms with Crippen molar-refractivity contribution in [1.82, 2.24) is 14.9 Å². The average molecular weight is 386 g/mol. The molecule has 6 nitrogen and oxygen atoms in total. The molecule has 2 aromatic rings. The lowest BCUT2D eigenvalue weighted by molar-refractivity contribution is 0.195. The monoisotopic (exact) mass is 385 g/mol. The maximum atomic E-state index is 13.2. The van der Waals surface area contributed by atoms with Gasteiger partial charge in [0.1, 0.15) is 5.82 Å².